The molecule has 13 heavy (non-hydrogen) atoms. The van der Waals surface area contributed by atoms with Crippen molar-refractivity contribution >= 4 is 5.78 Å². The minimum absolute atomic E-state index is 0.197. The number of ketones is 1. The minimum Gasteiger partial charge on any atom is -0.297 e. The lowest BCUT2D eigenvalue weighted by molar-refractivity contribution is -0.318. The van der Waals surface area contributed by atoms with Crippen LogP contribution in [0.4, 0.5) is 0 Å². The second-order valence-electron chi connectivity index (χ2n) is 3.47. The van der Waals surface area contributed by atoms with Gasteiger partial charge in [0.15, 0.2) is 11.9 Å². The van der Waals surface area contributed by atoms with E-state index in [9.17, 15) is 4.79 Å². The summed E-state index contributed by atoms with van der Waals surface area (Å²) in [5.41, 5.74) is 0. The highest BCUT2D eigenvalue weighted by Gasteiger charge is 2.23. The van der Waals surface area contributed by atoms with E-state index in [-0.39, 0.29) is 11.9 Å². The lowest BCUT2D eigenvalue weighted by Gasteiger charge is -2.19. The van der Waals surface area contributed by atoms with Crippen molar-refractivity contribution in [2.24, 2.45) is 0 Å². The Balaban J connectivity index is 2.08. The lowest BCUT2D eigenvalue weighted by atomic mass is 9.97. The van der Waals surface area contributed by atoms with Crippen molar-refractivity contribution in [2.45, 2.75) is 51.6 Å². The Morgan fingerprint density at radius 1 is 1.46 bits per heavy atom. The number of carbonyl (C=O) groups is 1. The van der Waals surface area contributed by atoms with Crippen molar-refractivity contribution < 1.29 is 14.6 Å². The maximum atomic E-state index is 11.3. The third-order valence-corrected chi connectivity index (χ3v) is 2.26. The summed E-state index contributed by atoms with van der Waals surface area (Å²) in [6.07, 6.45) is 5.35. The summed E-state index contributed by atoms with van der Waals surface area (Å²) < 4.78 is 0. The van der Waals surface area contributed by atoms with Gasteiger partial charge in [-0.2, -0.15) is 0 Å². The van der Waals surface area contributed by atoms with Crippen LogP contribution < -0.4 is 0 Å². The molecule has 0 aromatic heterocycles. The van der Waals surface area contributed by atoms with E-state index in [2.05, 4.69) is 6.92 Å². The molecule has 0 spiro atoms. The van der Waals surface area contributed by atoms with Crippen LogP contribution in [-0.4, -0.2) is 18.5 Å². The zero-order valence-electron chi connectivity index (χ0n) is 8.25. The Morgan fingerprint density at radius 3 is 3.00 bits per heavy atom. The molecular formula is C10H18O3. The van der Waals surface area contributed by atoms with Gasteiger partial charge >= 0.3 is 0 Å². The van der Waals surface area contributed by atoms with Gasteiger partial charge in [-0.25, -0.2) is 9.78 Å². The molecule has 0 aromatic carbocycles. The summed E-state index contributed by atoms with van der Waals surface area (Å²) in [4.78, 5) is 21.3. The maximum Gasteiger partial charge on any atom is 0.164 e. The van der Waals surface area contributed by atoms with Crippen LogP contribution in [0.3, 0.4) is 0 Å². The van der Waals surface area contributed by atoms with E-state index in [1.807, 2.05) is 0 Å². The average Bonchev–Trinajstić information content (AvgIpc) is 2.15. The molecule has 76 valence electrons. The van der Waals surface area contributed by atoms with Crippen molar-refractivity contribution in [3.05, 3.63) is 0 Å². The smallest absolute Gasteiger partial charge is 0.164 e. The standard InChI is InChI=1S/C10H18O3/c1-2-3-8-12-13-10-7-5-4-6-9(10)11/h10H,2-8H2,1H3. The van der Waals surface area contributed by atoms with E-state index < -0.39 is 0 Å². The fraction of sp³-hybridized carbons (Fsp3) is 0.900. The van der Waals surface area contributed by atoms with Crippen LogP contribution in [0.25, 0.3) is 0 Å². The summed E-state index contributed by atoms with van der Waals surface area (Å²) >= 11 is 0. The number of Topliss-reactive ketones (excluding diaryl/α,β-unsaturated/α-hetero) is 1. The zero-order chi connectivity index (χ0) is 9.52. The Hall–Kier alpha value is -0.410. The van der Waals surface area contributed by atoms with Crippen LogP contribution >= 0.6 is 0 Å². The van der Waals surface area contributed by atoms with E-state index >= 15 is 0 Å². The first-order chi connectivity index (χ1) is 6.34. The monoisotopic (exact) mass is 186 g/mol. The molecule has 0 aliphatic heterocycles. The van der Waals surface area contributed by atoms with E-state index in [1.54, 1.807) is 0 Å². The predicted octanol–water partition coefficient (Wildman–Crippen LogP) is 2.25. The second kappa shape index (κ2) is 6.11. The van der Waals surface area contributed by atoms with Gasteiger partial charge in [0.2, 0.25) is 0 Å². The van der Waals surface area contributed by atoms with Crippen molar-refractivity contribution in [1.29, 1.82) is 0 Å². The Morgan fingerprint density at radius 2 is 2.31 bits per heavy atom. The Labute approximate surface area is 79.3 Å². The average molecular weight is 186 g/mol. The first kappa shape index (κ1) is 10.7. The molecule has 0 radical (unpaired) electrons. The van der Waals surface area contributed by atoms with Crippen LogP contribution in [0.2, 0.25) is 0 Å². The van der Waals surface area contributed by atoms with E-state index in [1.165, 1.54) is 0 Å². The third-order valence-electron chi connectivity index (χ3n) is 2.26. The van der Waals surface area contributed by atoms with Crippen molar-refractivity contribution in [1.82, 2.24) is 0 Å². The molecule has 0 amide bonds. The molecule has 0 saturated heterocycles. The predicted molar refractivity (Wildman–Crippen MR) is 49.2 cm³/mol. The summed E-state index contributed by atoms with van der Waals surface area (Å²) in [6.45, 7) is 2.69. The molecule has 1 rings (SSSR count). The topological polar surface area (TPSA) is 35.5 Å². The van der Waals surface area contributed by atoms with Gasteiger partial charge in [0, 0.05) is 6.42 Å². The highest BCUT2D eigenvalue weighted by atomic mass is 17.2. The van der Waals surface area contributed by atoms with Crippen molar-refractivity contribution in [2.75, 3.05) is 6.61 Å². The number of carbonyl (C=O) groups excluding carboxylic acids is 1. The molecule has 1 fully saturated rings. The minimum atomic E-state index is -0.286. The second-order valence-corrected chi connectivity index (χ2v) is 3.47. The number of rotatable bonds is 5. The molecule has 3 nitrogen and oxygen atoms in total. The number of hydrogen-bond donors (Lipinski definition) is 0. The first-order valence-electron chi connectivity index (χ1n) is 5.15. The Bertz CT molecular complexity index is 156. The molecule has 0 N–H and O–H groups in total. The highest BCUT2D eigenvalue weighted by Crippen LogP contribution is 2.17. The van der Waals surface area contributed by atoms with Crippen LogP contribution in [0.5, 0.6) is 0 Å². The van der Waals surface area contributed by atoms with Gasteiger partial charge in [0.05, 0.1) is 6.61 Å². The summed E-state index contributed by atoms with van der Waals surface area (Å²) in [5, 5.41) is 0. The van der Waals surface area contributed by atoms with E-state index in [0.717, 1.165) is 32.1 Å². The maximum absolute atomic E-state index is 11.3. The SMILES string of the molecule is CCCCOOC1CCCCC1=O. The summed E-state index contributed by atoms with van der Waals surface area (Å²) in [6, 6.07) is 0. The quantitative estimate of drug-likeness (QED) is 0.375. The van der Waals surface area contributed by atoms with Crippen LogP contribution in [0.15, 0.2) is 0 Å². The molecule has 3 heteroatoms. The Kier molecular flexibility index (Phi) is 5.01. The fourth-order valence-corrected chi connectivity index (χ4v) is 1.39. The van der Waals surface area contributed by atoms with Gasteiger partial charge in [-0.05, 0) is 25.7 Å². The molecule has 0 heterocycles. The zero-order valence-corrected chi connectivity index (χ0v) is 8.25. The molecule has 0 bridgehead atoms. The van der Waals surface area contributed by atoms with E-state index in [0.29, 0.717) is 13.0 Å². The van der Waals surface area contributed by atoms with Gasteiger partial charge in [0.25, 0.3) is 0 Å². The first-order valence-corrected chi connectivity index (χ1v) is 5.15. The van der Waals surface area contributed by atoms with E-state index in [4.69, 9.17) is 9.78 Å². The van der Waals surface area contributed by atoms with Crippen LogP contribution in [-0.2, 0) is 14.6 Å². The van der Waals surface area contributed by atoms with Crippen molar-refractivity contribution in [3.63, 3.8) is 0 Å². The largest absolute Gasteiger partial charge is 0.297 e. The summed E-state index contributed by atoms with van der Waals surface area (Å²) in [7, 11) is 0. The molecule has 1 aliphatic rings. The number of unbranched alkanes of at least 4 members (excludes halogenated alkanes) is 1. The molecule has 1 unspecified atom stereocenters. The number of hydrogen-bond acceptors (Lipinski definition) is 3. The van der Waals surface area contributed by atoms with Gasteiger partial charge < -0.3 is 0 Å². The van der Waals surface area contributed by atoms with Gasteiger partial charge in [-0.1, -0.05) is 13.3 Å². The fourth-order valence-electron chi connectivity index (χ4n) is 1.39. The molecule has 1 aliphatic carbocycles. The van der Waals surface area contributed by atoms with Crippen molar-refractivity contribution in [3.8, 4) is 0 Å². The van der Waals surface area contributed by atoms with Gasteiger partial charge in [-0.15, -0.1) is 0 Å². The van der Waals surface area contributed by atoms with Gasteiger partial charge in [0.1, 0.15) is 0 Å². The van der Waals surface area contributed by atoms with Gasteiger partial charge in [-0.3, -0.25) is 4.79 Å². The molecule has 1 atom stereocenters. The van der Waals surface area contributed by atoms with Crippen LogP contribution in [0, 0.1) is 0 Å². The van der Waals surface area contributed by atoms with Crippen LogP contribution in [0.1, 0.15) is 45.4 Å². The molecular weight excluding hydrogens is 168 g/mol. The highest BCUT2D eigenvalue weighted by molar-refractivity contribution is 5.83. The molecule has 0 aromatic rings. The molecule has 1 saturated carbocycles. The lowest BCUT2D eigenvalue weighted by Crippen LogP contribution is -2.27. The summed E-state index contributed by atoms with van der Waals surface area (Å²) in [5.74, 6) is 0.197. The normalized spacial score (nSPS) is 23.5. The third kappa shape index (κ3) is 3.87.